The molecule has 0 saturated carbocycles. The van der Waals surface area contributed by atoms with Crippen LogP contribution in [0, 0.1) is 50.4 Å². The predicted molar refractivity (Wildman–Crippen MR) is 271 cm³/mol. The molecule has 378 valence electrons. The first kappa shape index (κ1) is 60.9. The molecule has 0 bridgehead atoms. The Morgan fingerprint density at radius 1 is 0.338 bits per heavy atom. The Bertz CT molecular complexity index is 2830. The van der Waals surface area contributed by atoms with Crippen LogP contribution in [-0.2, 0) is 20.4 Å². The van der Waals surface area contributed by atoms with Gasteiger partial charge in [0.15, 0.2) is 0 Å². The third-order valence-electron chi connectivity index (χ3n) is 9.71. The molecule has 0 amide bonds. The largest absolute Gasteiger partial charge is 2.00 e. The van der Waals surface area contributed by atoms with Gasteiger partial charge < -0.3 is 0 Å². The van der Waals surface area contributed by atoms with Crippen LogP contribution >= 0.6 is 15.8 Å². The van der Waals surface area contributed by atoms with Gasteiger partial charge in [0.25, 0.3) is 0 Å². The van der Waals surface area contributed by atoms with Gasteiger partial charge in [-0.3, -0.25) is 0 Å². The summed E-state index contributed by atoms with van der Waals surface area (Å²) in [5, 5.41) is 28.0. The summed E-state index contributed by atoms with van der Waals surface area (Å²) < 4.78 is 119. The second-order valence-corrected chi connectivity index (χ2v) is 31.0. The van der Waals surface area contributed by atoms with E-state index >= 15 is 0 Å². The monoisotopic (exact) mass is 1340 g/mol. The molecule has 19 heteroatoms. The number of nitriles is 2. The summed E-state index contributed by atoms with van der Waals surface area (Å²) in [7, 11) is -1.77. The summed E-state index contributed by atoms with van der Waals surface area (Å²) in [4.78, 5) is 0. The van der Waals surface area contributed by atoms with Crippen molar-refractivity contribution in [1.29, 1.82) is 10.5 Å². The first-order valence-electron chi connectivity index (χ1n) is 20.8. The van der Waals surface area contributed by atoms with E-state index in [-0.39, 0.29) is 20.4 Å². The van der Waals surface area contributed by atoms with Crippen LogP contribution in [0.3, 0.4) is 0 Å². The van der Waals surface area contributed by atoms with Crippen molar-refractivity contribution in [3.63, 3.8) is 0 Å². The molecule has 8 aromatic rings. The van der Waals surface area contributed by atoms with Crippen LogP contribution in [0.25, 0.3) is 32.7 Å². The Balaban J connectivity index is 0.000000540. The van der Waals surface area contributed by atoms with Crippen molar-refractivity contribution in [1.82, 2.24) is 0 Å². The fourth-order valence-corrected chi connectivity index (χ4v) is 11.9. The van der Waals surface area contributed by atoms with Crippen molar-refractivity contribution in [3.05, 3.63) is 192 Å². The number of rotatable bonds is 7. The van der Waals surface area contributed by atoms with Crippen LogP contribution in [0.15, 0.2) is 170 Å². The molecule has 0 aliphatic rings. The van der Waals surface area contributed by atoms with E-state index in [0.717, 1.165) is 0 Å². The Labute approximate surface area is 426 Å². The van der Waals surface area contributed by atoms with Crippen LogP contribution in [0.2, 0.25) is 0 Å². The number of hydrogen-bond donors (Lipinski definition) is 0. The van der Waals surface area contributed by atoms with Crippen molar-refractivity contribution in [3.8, 4) is 23.3 Å². The van der Waals surface area contributed by atoms with Crippen molar-refractivity contribution < 1.29 is 54.2 Å². The van der Waals surface area contributed by atoms with Crippen molar-refractivity contribution in [2.75, 3.05) is 0 Å². The number of halogens is 12. The molecule has 0 unspecified atom stereocenters. The van der Waals surface area contributed by atoms with E-state index in [9.17, 15) is 33.8 Å². The zero-order valence-electron chi connectivity index (χ0n) is 38.7. The maximum atomic E-state index is 9.93. The van der Waals surface area contributed by atoms with Gasteiger partial charge in [0, 0.05) is 13.8 Å². The molecule has 0 fully saturated rings. The van der Waals surface area contributed by atoms with E-state index < -0.39 is 54.8 Å². The average Bonchev–Trinajstić information content (AvgIpc) is 3.25. The molecule has 2 nitrogen and oxygen atoms in total. The van der Waals surface area contributed by atoms with E-state index in [2.05, 4.69) is 198 Å². The van der Waals surface area contributed by atoms with Gasteiger partial charge in [-0.05, 0) is 108 Å². The van der Waals surface area contributed by atoms with E-state index in [1.165, 1.54) is 101 Å². The summed E-state index contributed by atoms with van der Waals surface area (Å²) in [5.74, 6) is 0. The van der Waals surface area contributed by atoms with Crippen LogP contribution in [0.1, 0.15) is 36.1 Å². The molecule has 0 N–H and O–H groups in total. The summed E-state index contributed by atoms with van der Waals surface area (Å²) in [6.07, 6.45) is 0. The Hall–Kier alpha value is -4.42. The van der Waals surface area contributed by atoms with Gasteiger partial charge >= 0.3 is 93.1 Å². The predicted octanol–water partition coefficient (Wildman–Crippen LogP) is 15.7. The first-order chi connectivity index (χ1) is 32.2. The normalized spacial score (nSPS) is 12.9. The number of aryl methyl sites for hydroxylation is 4. The van der Waals surface area contributed by atoms with E-state index in [1.54, 1.807) is 12.1 Å². The van der Waals surface area contributed by atoms with Crippen molar-refractivity contribution >= 4 is 108 Å². The zero-order valence-corrected chi connectivity index (χ0v) is 47.1. The molecule has 0 saturated heterocycles. The summed E-state index contributed by atoms with van der Waals surface area (Å²) in [6.45, 7) is 11.6. The molecule has 0 heterocycles. The second kappa shape index (κ2) is 22.8. The number of nitrogens with zero attached hydrogens (tertiary/aromatic N) is 2. The zero-order chi connectivity index (χ0) is 52.4. The van der Waals surface area contributed by atoms with Crippen LogP contribution in [-0.4, -0.2) is 39.0 Å². The molecule has 0 radical (unpaired) electrons. The molecule has 0 aliphatic carbocycles. The van der Waals surface area contributed by atoms with Crippen LogP contribution in [0.4, 0.5) is 33.8 Å². The molecule has 0 spiro atoms. The smallest absolute Gasteiger partial charge is 2.00 e. The van der Waals surface area contributed by atoms with Gasteiger partial charge in [0.2, 0.25) is 0 Å². The quantitative estimate of drug-likeness (QED) is 0.0907. The third-order valence-corrected chi connectivity index (χ3v) is 14.7. The average molecular weight is 1340 g/mol. The molecular formula is C52H46F12N2P2PdSb2. The fraction of sp³-hybridized carbons (Fsp3) is 0.115. The summed E-state index contributed by atoms with van der Waals surface area (Å²) in [5.41, 5.74) is 7.84. The van der Waals surface area contributed by atoms with Gasteiger partial charge in [-0.15, -0.1) is 0 Å². The molecule has 0 atom stereocenters. The Morgan fingerprint density at radius 3 is 0.746 bits per heavy atom. The van der Waals surface area contributed by atoms with E-state index in [1.807, 2.05) is 0 Å². The number of benzene rings is 8. The van der Waals surface area contributed by atoms with E-state index in [4.69, 9.17) is 10.5 Å². The minimum absolute atomic E-state index is 0. The van der Waals surface area contributed by atoms with Gasteiger partial charge in [-0.25, -0.2) is 0 Å². The fourth-order valence-electron chi connectivity index (χ4n) is 7.05. The molecule has 0 aliphatic heterocycles. The van der Waals surface area contributed by atoms with Crippen LogP contribution < -0.4 is 31.8 Å². The molecular weight excluding hydrogens is 1290 g/mol. The Kier molecular flexibility index (Phi) is 19.5. The number of fused-ring (bicyclic) bond motifs is 2. The molecule has 0 aromatic heterocycles. The summed E-state index contributed by atoms with van der Waals surface area (Å²) in [6, 6.07) is 68.1. The van der Waals surface area contributed by atoms with Crippen LogP contribution in [0.5, 0.6) is 0 Å². The van der Waals surface area contributed by atoms with Crippen molar-refractivity contribution in [2.24, 2.45) is 0 Å². The maximum absolute atomic E-state index is 11.2. The summed E-state index contributed by atoms with van der Waals surface area (Å²) >= 11 is -22.5. The van der Waals surface area contributed by atoms with Gasteiger partial charge in [-0.1, -0.05) is 192 Å². The van der Waals surface area contributed by atoms with Gasteiger partial charge in [0.1, 0.15) is 0 Å². The SMILES string of the molecule is CC#N.CC#N.Cc1ccc(P(c2ccc(C)cc2)c2ccc3ccccc3c2-c2c(P(c3ccc(C)cc3)c3ccc(C)cc3)ccc3ccccc23)cc1.[F][Sb-]([F])([F])([F])([F])[F].[F][Sb-]([F])([F])([F])([F])[F].[Pd+2]. The van der Waals surface area contributed by atoms with Crippen molar-refractivity contribution in [2.45, 2.75) is 41.5 Å². The second-order valence-electron chi connectivity index (χ2n) is 15.7. The molecule has 8 rings (SSSR count). The van der Waals surface area contributed by atoms with E-state index in [0.29, 0.717) is 0 Å². The number of hydrogen-bond acceptors (Lipinski definition) is 2. The van der Waals surface area contributed by atoms with Gasteiger partial charge in [0.05, 0.1) is 12.1 Å². The molecule has 71 heavy (non-hydrogen) atoms. The minimum atomic E-state index is -11.2. The van der Waals surface area contributed by atoms with Gasteiger partial charge in [-0.2, -0.15) is 10.5 Å². The molecule has 8 aromatic carbocycles. The minimum Gasteiger partial charge on any atom is 2.00 e. The first-order valence-corrected chi connectivity index (χ1v) is 35.1. The standard InChI is InChI=1S/C48H40P2.2C2H3N.12FH.Pd.2Sb/c1-33-13-23-39(24-14-33)49(40-25-15-34(2)16-26-40)45-31-21-37-9-5-7-11-43(37)47(45)48-44-12-8-6-10-38(44)22-32-46(48)50(41-27-17-35(3)18-28-41)42-29-19-36(4)20-30-42;2*1-2-3;;;;;;;;;;;;;;;/h5-32H,1-4H3;2*1H3;12*1H;;;/q;;;;;;;;;;;;;;;+2;2*+5/p-12. The Morgan fingerprint density at radius 2 is 0.535 bits per heavy atom. The maximum Gasteiger partial charge on any atom is 2.00 e. The topological polar surface area (TPSA) is 47.6 Å². The third kappa shape index (κ3) is 21.3.